The van der Waals surface area contributed by atoms with Crippen molar-refractivity contribution in [2.75, 3.05) is 33.1 Å². The molecule has 0 saturated carbocycles. The monoisotopic (exact) mass is 240 g/mol. The van der Waals surface area contributed by atoms with Crippen molar-refractivity contribution in [3.05, 3.63) is 11.3 Å². The molecule has 1 rings (SSSR count). The Labute approximate surface area is 104 Å². The van der Waals surface area contributed by atoms with Gasteiger partial charge in [-0.15, -0.1) is 0 Å². The predicted molar refractivity (Wildman–Crippen MR) is 70.3 cm³/mol. The molecule has 0 bridgehead atoms. The van der Waals surface area contributed by atoms with Crippen LogP contribution in [0.3, 0.4) is 0 Å². The van der Waals surface area contributed by atoms with Gasteiger partial charge in [-0.25, -0.2) is 0 Å². The second-order valence-electron chi connectivity index (χ2n) is 4.51. The van der Waals surface area contributed by atoms with Crippen LogP contribution in [-0.4, -0.2) is 48.5 Å². The van der Waals surface area contributed by atoms with Gasteiger partial charge in [0.2, 0.25) is 0 Å². The fourth-order valence-electron chi connectivity index (χ4n) is 1.98. The topological polar surface area (TPSA) is 42.3 Å². The first-order valence-corrected chi connectivity index (χ1v) is 5.90. The molecule has 0 fully saturated rings. The van der Waals surface area contributed by atoms with Gasteiger partial charge in [-0.3, -0.25) is 9.58 Å². The summed E-state index contributed by atoms with van der Waals surface area (Å²) in [6, 6.07) is 0.393. The number of rotatable bonds is 6. The number of likely N-dealkylation sites (N-methyl/N-ethyl adjacent to an activating group) is 1. The summed E-state index contributed by atoms with van der Waals surface area (Å²) in [5.74, 6) is 1.08. The maximum Gasteiger partial charge on any atom is 0.128 e. The van der Waals surface area contributed by atoms with Gasteiger partial charge in [0.05, 0.1) is 12.3 Å². The molecule has 98 valence electrons. The quantitative estimate of drug-likeness (QED) is 0.812. The van der Waals surface area contributed by atoms with Crippen molar-refractivity contribution < 1.29 is 4.74 Å². The van der Waals surface area contributed by atoms with Gasteiger partial charge in [-0.2, -0.15) is 5.10 Å². The third kappa shape index (κ3) is 3.20. The number of nitrogens with one attached hydrogen (secondary N) is 1. The zero-order valence-electron chi connectivity index (χ0n) is 11.7. The van der Waals surface area contributed by atoms with Crippen LogP contribution in [0.2, 0.25) is 0 Å². The average molecular weight is 240 g/mol. The van der Waals surface area contributed by atoms with E-state index in [-0.39, 0.29) is 0 Å². The molecule has 0 aliphatic rings. The van der Waals surface area contributed by atoms with E-state index in [0.717, 1.165) is 24.7 Å². The van der Waals surface area contributed by atoms with E-state index in [4.69, 9.17) is 4.74 Å². The minimum atomic E-state index is 0.393. The first kappa shape index (κ1) is 14.0. The predicted octanol–water partition coefficient (Wildman–Crippen LogP) is 1.24. The Morgan fingerprint density at radius 1 is 1.53 bits per heavy atom. The van der Waals surface area contributed by atoms with Crippen LogP contribution in [0, 0.1) is 6.92 Å². The van der Waals surface area contributed by atoms with Crippen LogP contribution in [0.25, 0.3) is 0 Å². The standard InChI is InChI=1S/C12H24N4O/c1-9(8-17-6)15(4)7-11-10(2)14-16(5)12(11)13-3/h9,13H,7-8H2,1-6H3. The Balaban J connectivity index is 2.80. The first-order chi connectivity index (χ1) is 8.01. The maximum absolute atomic E-state index is 5.18. The molecule has 1 unspecified atom stereocenters. The normalized spacial score (nSPS) is 13.1. The van der Waals surface area contributed by atoms with Crippen LogP contribution in [0.1, 0.15) is 18.2 Å². The van der Waals surface area contributed by atoms with Crippen molar-refractivity contribution in [1.29, 1.82) is 0 Å². The van der Waals surface area contributed by atoms with Gasteiger partial charge in [0, 0.05) is 39.4 Å². The second kappa shape index (κ2) is 6.02. The summed E-state index contributed by atoms with van der Waals surface area (Å²) < 4.78 is 7.06. The lowest BCUT2D eigenvalue weighted by molar-refractivity contribution is 0.112. The number of methoxy groups -OCH3 is 1. The van der Waals surface area contributed by atoms with Gasteiger partial charge >= 0.3 is 0 Å². The van der Waals surface area contributed by atoms with Crippen LogP contribution >= 0.6 is 0 Å². The van der Waals surface area contributed by atoms with E-state index in [1.165, 1.54) is 5.56 Å². The van der Waals surface area contributed by atoms with E-state index in [1.54, 1.807) is 7.11 Å². The molecular formula is C12H24N4O. The Kier molecular flexibility index (Phi) is 4.96. The highest BCUT2D eigenvalue weighted by molar-refractivity contribution is 5.46. The third-order valence-corrected chi connectivity index (χ3v) is 3.15. The van der Waals surface area contributed by atoms with Gasteiger partial charge in [-0.1, -0.05) is 0 Å². The number of nitrogens with zero attached hydrogens (tertiary/aromatic N) is 3. The molecule has 1 aromatic rings. The molecule has 5 heteroatoms. The molecule has 1 atom stereocenters. The Morgan fingerprint density at radius 2 is 2.18 bits per heavy atom. The zero-order valence-corrected chi connectivity index (χ0v) is 11.7. The van der Waals surface area contributed by atoms with Gasteiger partial charge < -0.3 is 10.1 Å². The maximum atomic E-state index is 5.18. The van der Waals surface area contributed by atoms with E-state index in [0.29, 0.717) is 6.04 Å². The molecule has 0 aromatic carbocycles. The van der Waals surface area contributed by atoms with Crippen LogP contribution in [-0.2, 0) is 18.3 Å². The molecular weight excluding hydrogens is 216 g/mol. The molecule has 0 amide bonds. The van der Waals surface area contributed by atoms with Gasteiger partial charge in [0.1, 0.15) is 5.82 Å². The summed E-state index contributed by atoms with van der Waals surface area (Å²) >= 11 is 0. The SMILES string of the molecule is CNc1c(CN(C)C(C)COC)c(C)nn1C. The Bertz CT molecular complexity index is 362. The molecule has 5 nitrogen and oxygen atoms in total. The average Bonchev–Trinajstić information content (AvgIpc) is 2.53. The van der Waals surface area contributed by atoms with Gasteiger partial charge in [-0.05, 0) is 20.9 Å². The third-order valence-electron chi connectivity index (χ3n) is 3.15. The largest absolute Gasteiger partial charge is 0.383 e. The number of aryl methyl sites for hydroxylation is 2. The minimum Gasteiger partial charge on any atom is -0.383 e. The molecule has 0 spiro atoms. The number of hydrogen-bond acceptors (Lipinski definition) is 4. The van der Waals surface area contributed by atoms with Crippen molar-refractivity contribution in [3.63, 3.8) is 0 Å². The lowest BCUT2D eigenvalue weighted by atomic mass is 10.2. The summed E-state index contributed by atoms with van der Waals surface area (Å²) in [7, 11) is 7.73. The lowest BCUT2D eigenvalue weighted by Gasteiger charge is -2.24. The highest BCUT2D eigenvalue weighted by Crippen LogP contribution is 2.20. The molecule has 0 saturated heterocycles. The number of hydrogen-bond donors (Lipinski definition) is 1. The van der Waals surface area contributed by atoms with Crippen LogP contribution in [0.15, 0.2) is 0 Å². The van der Waals surface area contributed by atoms with Crippen LogP contribution < -0.4 is 5.32 Å². The molecule has 0 aliphatic heterocycles. The van der Waals surface area contributed by atoms with E-state index in [1.807, 2.05) is 25.7 Å². The Hall–Kier alpha value is -1.07. The number of ether oxygens (including phenoxy) is 1. The molecule has 1 aromatic heterocycles. The Morgan fingerprint density at radius 3 is 2.71 bits per heavy atom. The number of anilines is 1. The van der Waals surface area contributed by atoms with Crippen LogP contribution in [0.5, 0.6) is 0 Å². The zero-order chi connectivity index (χ0) is 13.0. The second-order valence-corrected chi connectivity index (χ2v) is 4.51. The van der Waals surface area contributed by atoms with E-state index in [9.17, 15) is 0 Å². The van der Waals surface area contributed by atoms with Crippen molar-refractivity contribution in [3.8, 4) is 0 Å². The van der Waals surface area contributed by atoms with Crippen molar-refractivity contribution >= 4 is 5.82 Å². The summed E-state index contributed by atoms with van der Waals surface area (Å²) in [6.07, 6.45) is 0. The summed E-state index contributed by atoms with van der Waals surface area (Å²) in [4.78, 5) is 2.27. The smallest absolute Gasteiger partial charge is 0.128 e. The molecule has 17 heavy (non-hydrogen) atoms. The lowest BCUT2D eigenvalue weighted by Crippen LogP contribution is -2.32. The van der Waals surface area contributed by atoms with E-state index >= 15 is 0 Å². The molecule has 0 radical (unpaired) electrons. The van der Waals surface area contributed by atoms with E-state index < -0.39 is 0 Å². The molecule has 1 heterocycles. The molecule has 0 aliphatic carbocycles. The highest BCUT2D eigenvalue weighted by Gasteiger charge is 2.16. The minimum absolute atomic E-state index is 0.393. The summed E-state index contributed by atoms with van der Waals surface area (Å²) in [5, 5.41) is 7.64. The summed E-state index contributed by atoms with van der Waals surface area (Å²) in [5.41, 5.74) is 2.33. The van der Waals surface area contributed by atoms with Crippen molar-refractivity contribution in [1.82, 2.24) is 14.7 Å². The van der Waals surface area contributed by atoms with Gasteiger partial charge in [0.25, 0.3) is 0 Å². The molecule has 1 N–H and O–H groups in total. The van der Waals surface area contributed by atoms with Gasteiger partial charge in [0.15, 0.2) is 0 Å². The fourth-order valence-corrected chi connectivity index (χ4v) is 1.98. The van der Waals surface area contributed by atoms with Crippen LogP contribution in [0.4, 0.5) is 5.82 Å². The highest BCUT2D eigenvalue weighted by atomic mass is 16.5. The summed E-state index contributed by atoms with van der Waals surface area (Å²) in [6.45, 7) is 5.82. The first-order valence-electron chi connectivity index (χ1n) is 5.90. The van der Waals surface area contributed by atoms with Crippen molar-refractivity contribution in [2.45, 2.75) is 26.4 Å². The fraction of sp³-hybridized carbons (Fsp3) is 0.750. The number of aromatic nitrogens is 2. The van der Waals surface area contributed by atoms with E-state index in [2.05, 4.69) is 29.3 Å². The van der Waals surface area contributed by atoms with Crippen molar-refractivity contribution in [2.24, 2.45) is 7.05 Å².